The first-order valence-corrected chi connectivity index (χ1v) is 5.61. The largest absolute Gasteiger partial charge is 0.395 e. The molecule has 1 aromatic carbocycles. The van der Waals surface area contributed by atoms with Gasteiger partial charge in [0.05, 0.1) is 6.61 Å². The molecule has 0 bridgehead atoms. The molecular weight excluding hydrogens is 194 g/mol. The lowest BCUT2D eigenvalue weighted by Gasteiger charge is -2.17. The number of hydrogen-bond donors (Lipinski definition) is 2. The van der Waals surface area contributed by atoms with E-state index in [0.717, 1.165) is 4.90 Å². The molecule has 0 spiro atoms. The molecule has 0 fully saturated rings. The number of aliphatic hydroxyl groups excluding tert-OH is 1. The number of benzene rings is 1. The Hall–Kier alpha value is -0.510. The molecule has 0 aromatic heterocycles. The van der Waals surface area contributed by atoms with Gasteiger partial charge in [0.25, 0.3) is 0 Å². The Morgan fingerprint density at radius 2 is 1.93 bits per heavy atom. The minimum absolute atomic E-state index is 0.00584. The average molecular weight is 211 g/mol. The molecule has 3 N–H and O–H groups in total. The number of hydrogen-bond acceptors (Lipinski definition) is 3. The van der Waals surface area contributed by atoms with Gasteiger partial charge in [-0.1, -0.05) is 17.7 Å². The second kappa shape index (κ2) is 5.39. The quantitative estimate of drug-likeness (QED) is 0.746. The molecule has 1 aromatic rings. The van der Waals surface area contributed by atoms with Crippen molar-refractivity contribution in [3.8, 4) is 0 Å². The smallest absolute Gasteiger partial charge is 0.0568 e. The highest BCUT2D eigenvalue weighted by atomic mass is 32.2. The van der Waals surface area contributed by atoms with Crippen molar-refractivity contribution in [1.82, 2.24) is 0 Å². The van der Waals surface area contributed by atoms with E-state index >= 15 is 0 Å². The lowest BCUT2D eigenvalue weighted by Crippen LogP contribution is -2.31. The topological polar surface area (TPSA) is 46.2 Å². The fraction of sp³-hybridized carbons (Fsp3) is 0.455. The minimum atomic E-state index is 0.00584. The standard InChI is InChI=1S/C11H17NOS/c1-8-3-5-10(6-4-8)14-11(7-13)9(2)12/h3-6,9,11,13H,7,12H2,1-2H3. The highest BCUT2D eigenvalue weighted by Gasteiger charge is 2.13. The van der Waals surface area contributed by atoms with Crippen molar-refractivity contribution in [2.24, 2.45) is 5.73 Å². The van der Waals surface area contributed by atoms with Crippen molar-refractivity contribution in [1.29, 1.82) is 0 Å². The predicted molar refractivity (Wildman–Crippen MR) is 61.6 cm³/mol. The molecule has 1 rings (SSSR count). The van der Waals surface area contributed by atoms with E-state index in [2.05, 4.69) is 31.2 Å². The van der Waals surface area contributed by atoms with Crippen LogP contribution in [0.5, 0.6) is 0 Å². The molecule has 2 unspecified atom stereocenters. The zero-order valence-electron chi connectivity index (χ0n) is 8.60. The van der Waals surface area contributed by atoms with Crippen LogP contribution < -0.4 is 5.73 Å². The van der Waals surface area contributed by atoms with E-state index in [1.165, 1.54) is 5.56 Å². The van der Waals surface area contributed by atoms with Crippen LogP contribution in [0.4, 0.5) is 0 Å². The van der Waals surface area contributed by atoms with Gasteiger partial charge in [0.1, 0.15) is 0 Å². The lowest BCUT2D eigenvalue weighted by atomic mass is 10.2. The van der Waals surface area contributed by atoms with Crippen LogP contribution in [-0.2, 0) is 0 Å². The summed E-state index contributed by atoms with van der Waals surface area (Å²) >= 11 is 1.63. The summed E-state index contributed by atoms with van der Waals surface area (Å²) in [6.07, 6.45) is 0. The van der Waals surface area contributed by atoms with Gasteiger partial charge in [0.15, 0.2) is 0 Å². The second-order valence-corrected chi connectivity index (χ2v) is 4.82. The summed E-state index contributed by atoms with van der Waals surface area (Å²) in [5.74, 6) is 0. The van der Waals surface area contributed by atoms with Crippen LogP contribution in [0.1, 0.15) is 12.5 Å². The van der Waals surface area contributed by atoms with Crippen LogP contribution in [0.2, 0.25) is 0 Å². The van der Waals surface area contributed by atoms with E-state index < -0.39 is 0 Å². The number of aryl methyl sites for hydroxylation is 1. The van der Waals surface area contributed by atoms with E-state index in [-0.39, 0.29) is 17.9 Å². The van der Waals surface area contributed by atoms with E-state index in [4.69, 9.17) is 10.8 Å². The maximum Gasteiger partial charge on any atom is 0.0568 e. The minimum Gasteiger partial charge on any atom is -0.395 e. The summed E-state index contributed by atoms with van der Waals surface area (Å²) in [4.78, 5) is 1.16. The van der Waals surface area contributed by atoms with Crippen LogP contribution in [0.15, 0.2) is 29.2 Å². The third-order valence-electron chi connectivity index (χ3n) is 2.07. The maximum atomic E-state index is 9.11. The molecule has 2 atom stereocenters. The highest BCUT2D eigenvalue weighted by molar-refractivity contribution is 8.00. The molecule has 14 heavy (non-hydrogen) atoms. The molecule has 0 aliphatic rings. The monoisotopic (exact) mass is 211 g/mol. The molecule has 2 nitrogen and oxygen atoms in total. The zero-order valence-corrected chi connectivity index (χ0v) is 9.42. The molecular formula is C11H17NOS. The van der Waals surface area contributed by atoms with Crippen LogP contribution in [0.25, 0.3) is 0 Å². The van der Waals surface area contributed by atoms with Gasteiger partial charge in [-0.15, -0.1) is 11.8 Å². The van der Waals surface area contributed by atoms with E-state index in [9.17, 15) is 0 Å². The lowest BCUT2D eigenvalue weighted by molar-refractivity contribution is 0.285. The summed E-state index contributed by atoms with van der Waals surface area (Å²) < 4.78 is 0. The Balaban J connectivity index is 2.63. The van der Waals surface area contributed by atoms with Gasteiger partial charge in [-0.25, -0.2) is 0 Å². The van der Waals surface area contributed by atoms with Gasteiger partial charge in [0.2, 0.25) is 0 Å². The van der Waals surface area contributed by atoms with Crippen molar-refractivity contribution in [2.75, 3.05) is 6.61 Å². The Morgan fingerprint density at radius 1 is 1.36 bits per heavy atom. The molecule has 0 saturated carbocycles. The predicted octanol–water partition coefficient (Wildman–Crippen LogP) is 1.80. The van der Waals surface area contributed by atoms with Gasteiger partial charge in [-0.05, 0) is 26.0 Å². The molecule has 0 heterocycles. The molecule has 0 radical (unpaired) electrons. The van der Waals surface area contributed by atoms with Crippen molar-refractivity contribution < 1.29 is 5.11 Å². The Bertz CT molecular complexity index is 271. The normalized spacial score (nSPS) is 15.1. The first-order chi connectivity index (χ1) is 6.63. The summed E-state index contributed by atoms with van der Waals surface area (Å²) in [5.41, 5.74) is 6.99. The molecule has 0 aliphatic carbocycles. The SMILES string of the molecule is Cc1ccc(SC(CO)C(C)N)cc1. The third-order valence-corrected chi connectivity index (χ3v) is 3.50. The molecule has 0 saturated heterocycles. The Labute approximate surface area is 89.5 Å². The van der Waals surface area contributed by atoms with Crippen LogP contribution in [0.3, 0.4) is 0 Å². The number of nitrogens with two attached hydrogens (primary N) is 1. The van der Waals surface area contributed by atoms with Crippen LogP contribution >= 0.6 is 11.8 Å². The average Bonchev–Trinajstić information content (AvgIpc) is 2.16. The fourth-order valence-electron chi connectivity index (χ4n) is 1.10. The number of aliphatic hydroxyl groups is 1. The summed E-state index contributed by atoms with van der Waals surface area (Å²) in [7, 11) is 0. The number of thioether (sulfide) groups is 1. The maximum absolute atomic E-state index is 9.11. The molecule has 78 valence electrons. The molecule has 0 aliphatic heterocycles. The van der Waals surface area contributed by atoms with Crippen molar-refractivity contribution in [2.45, 2.75) is 30.0 Å². The van der Waals surface area contributed by atoms with Crippen molar-refractivity contribution >= 4 is 11.8 Å². The fourth-order valence-corrected chi connectivity index (χ4v) is 2.03. The number of rotatable bonds is 4. The molecule has 0 amide bonds. The van der Waals surface area contributed by atoms with Crippen LogP contribution in [-0.4, -0.2) is 23.0 Å². The zero-order chi connectivity index (χ0) is 10.6. The van der Waals surface area contributed by atoms with E-state index in [1.807, 2.05) is 6.92 Å². The Morgan fingerprint density at radius 3 is 2.36 bits per heavy atom. The van der Waals surface area contributed by atoms with E-state index in [0.29, 0.717) is 0 Å². The second-order valence-electron chi connectivity index (χ2n) is 3.51. The van der Waals surface area contributed by atoms with Crippen molar-refractivity contribution in [3.05, 3.63) is 29.8 Å². The van der Waals surface area contributed by atoms with Gasteiger partial charge < -0.3 is 10.8 Å². The summed E-state index contributed by atoms with van der Waals surface area (Å²) in [5, 5.41) is 9.19. The van der Waals surface area contributed by atoms with Crippen LogP contribution in [0, 0.1) is 6.92 Å². The third kappa shape index (κ3) is 3.33. The van der Waals surface area contributed by atoms with Gasteiger partial charge in [0, 0.05) is 16.2 Å². The van der Waals surface area contributed by atoms with E-state index in [1.54, 1.807) is 11.8 Å². The highest BCUT2D eigenvalue weighted by Crippen LogP contribution is 2.24. The van der Waals surface area contributed by atoms with Gasteiger partial charge >= 0.3 is 0 Å². The van der Waals surface area contributed by atoms with Gasteiger partial charge in [-0.3, -0.25) is 0 Å². The summed E-state index contributed by atoms with van der Waals surface area (Å²) in [6.45, 7) is 4.10. The summed E-state index contributed by atoms with van der Waals surface area (Å²) in [6, 6.07) is 8.26. The molecule has 3 heteroatoms. The Kier molecular flexibility index (Phi) is 4.45. The first-order valence-electron chi connectivity index (χ1n) is 4.73. The van der Waals surface area contributed by atoms with Crippen molar-refractivity contribution in [3.63, 3.8) is 0 Å². The van der Waals surface area contributed by atoms with Gasteiger partial charge in [-0.2, -0.15) is 0 Å². The first kappa shape index (κ1) is 11.6.